The van der Waals surface area contributed by atoms with Crippen LogP contribution >= 0.6 is 23.4 Å². The summed E-state index contributed by atoms with van der Waals surface area (Å²) in [7, 11) is 0. The molecule has 1 aromatic heterocycles. The minimum Gasteiger partial charge on any atom is -0.459 e. The van der Waals surface area contributed by atoms with Gasteiger partial charge in [0.2, 0.25) is 0 Å². The van der Waals surface area contributed by atoms with Gasteiger partial charge in [0.25, 0.3) is 5.92 Å². The van der Waals surface area contributed by atoms with Gasteiger partial charge in [-0.15, -0.1) is 11.8 Å². The fraction of sp³-hybridized carbons (Fsp3) is 0.444. The van der Waals surface area contributed by atoms with E-state index in [1.807, 2.05) is 32.0 Å². The number of nitrogen functional groups attached to an aromatic ring is 1. The van der Waals surface area contributed by atoms with Crippen LogP contribution in [0.3, 0.4) is 0 Å². The Morgan fingerprint density at radius 3 is 2.71 bits per heavy atom. The number of hydrazine groups is 1. The average molecular weight is 428 g/mol. The van der Waals surface area contributed by atoms with Crippen LogP contribution in [0.4, 0.5) is 26.1 Å². The van der Waals surface area contributed by atoms with Crippen molar-refractivity contribution in [3.63, 3.8) is 0 Å². The second-order valence-electron chi connectivity index (χ2n) is 6.77. The van der Waals surface area contributed by atoms with Crippen LogP contribution in [0.25, 0.3) is 5.32 Å². The van der Waals surface area contributed by atoms with E-state index in [-0.39, 0.29) is 24.8 Å². The van der Waals surface area contributed by atoms with Crippen molar-refractivity contribution in [2.24, 2.45) is 5.84 Å². The molecular formula is C18H22ClF2N6S-. The van der Waals surface area contributed by atoms with Crippen LogP contribution in [-0.4, -0.2) is 34.2 Å². The van der Waals surface area contributed by atoms with Crippen molar-refractivity contribution in [1.82, 2.24) is 9.97 Å². The molecule has 28 heavy (non-hydrogen) atoms. The number of nitrogens with zero attached hydrogens (tertiary/aromatic N) is 4. The third-order valence-corrected chi connectivity index (χ3v) is 5.40. The van der Waals surface area contributed by atoms with Gasteiger partial charge in [-0.3, -0.25) is 5.84 Å². The Balaban J connectivity index is 1.95. The van der Waals surface area contributed by atoms with E-state index < -0.39 is 12.5 Å². The van der Waals surface area contributed by atoms with Crippen LogP contribution in [0.5, 0.6) is 0 Å². The van der Waals surface area contributed by atoms with Gasteiger partial charge >= 0.3 is 0 Å². The Kier molecular flexibility index (Phi) is 6.47. The summed E-state index contributed by atoms with van der Waals surface area (Å²) in [5.74, 6) is 3.61. The first kappa shape index (κ1) is 20.9. The first-order chi connectivity index (χ1) is 13.3. The number of hydrogen-bond donors (Lipinski definition) is 2. The third-order valence-electron chi connectivity index (χ3n) is 4.16. The van der Waals surface area contributed by atoms with Gasteiger partial charge in [-0.1, -0.05) is 43.6 Å². The van der Waals surface area contributed by atoms with E-state index in [4.69, 9.17) is 17.4 Å². The highest BCUT2D eigenvalue weighted by atomic mass is 35.5. The second kappa shape index (κ2) is 8.67. The van der Waals surface area contributed by atoms with Crippen LogP contribution in [-0.2, 0) is 6.54 Å². The normalized spacial score (nSPS) is 15.9. The second-order valence-corrected chi connectivity index (χ2v) is 8.73. The maximum Gasteiger partial charge on any atom is 0.266 e. The summed E-state index contributed by atoms with van der Waals surface area (Å²) in [6.07, 6.45) is -0.222. The molecule has 1 aliphatic heterocycles. The number of rotatable bonds is 7. The van der Waals surface area contributed by atoms with E-state index in [0.717, 1.165) is 5.56 Å². The van der Waals surface area contributed by atoms with E-state index in [0.29, 0.717) is 27.5 Å². The Morgan fingerprint density at radius 2 is 2.11 bits per heavy atom. The summed E-state index contributed by atoms with van der Waals surface area (Å²) in [5.41, 5.74) is 3.72. The van der Waals surface area contributed by atoms with Crippen molar-refractivity contribution in [2.75, 3.05) is 23.4 Å². The summed E-state index contributed by atoms with van der Waals surface area (Å²) in [6.45, 7) is 4.08. The van der Waals surface area contributed by atoms with Gasteiger partial charge in [-0.2, -0.15) is 0 Å². The van der Waals surface area contributed by atoms with Gasteiger partial charge in [0.1, 0.15) is 0 Å². The average Bonchev–Trinajstić information content (AvgIpc) is 3.00. The number of nitrogens with two attached hydrogens (primary N) is 1. The molecule has 3 N–H and O–H groups in total. The molecule has 0 atom stereocenters. The summed E-state index contributed by atoms with van der Waals surface area (Å²) in [5, 5.41) is 5.83. The SMILES string of the molecule is CC(C)Sc1nc([N-]Cc2ccccc2Cl)c(NN)c(N2CCC(F)(F)C2)n1. The van der Waals surface area contributed by atoms with Crippen molar-refractivity contribution >= 4 is 40.7 Å². The van der Waals surface area contributed by atoms with Crippen LogP contribution in [0.2, 0.25) is 5.02 Å². The molecule has 152 valence electrons. The molecule has 2 aromatic rings. The lowest BCUT2D eigenvalue weighted by molar-refractivity contribution is 0.0257. The van der Waals surface area contributed by atoms with Crippen LogP contribution in [0.15, 0.2) is 29.4 Å². The van der Waals surface area contributed by atoms with Gasteiger partial charge in [-0.25, -0.2) is 13.8 Å². The fourth-order valence-corrected chi connectivity index (χ4v) is 3.75. The van der Waals surface area contributed by atoms with E-state index in [1.54, 1.807) is 6.07 Å². The smallest absolute Gasteiger partial charge is 0.266 e. The monoisotopic (exact) mass is 427 g/mol. The largest absolute Gasteiger partial charge is 0.459 e. The number of anilines is 2. The highest BCUT2D eigenvalue weighted by Gasteiger charge is 2.39. The number of nitrogens with one attached hydrogen (secondary N) is 1. The molecule has 0 amide bonds. The summed E-state index contributed by atoms with van der Waals surface area (Å²) >= 11 is 7.64. The molecule has 0 unspecified atom stereocenters. The van der Waals surface area contributed by atoms with Crippen LogP contribution < -0.4 is 16.2 Å². The molecule has 0 saturated carbocycles. The van der Waals surface area contributed by atoms with Crippen molar-refractivity contribution in [3.8, 4) is 0 Å². The molecule has 1 fully saturated rings. The Hall–Kier alpha value is -1.84. The standard InChI is InChI=1S/C18H22ClF2N6S/c1-11(2)28-17-24-15(23-9-12-5-3-4-6-13(12)19)14(26-22)16(25-17)27-8-7-18(20,21)10-27/h3-6,11,26H,7-10,22H2,1-2H3/q-1. The van der Waals surface area contributed by atoms with E-state index in [9.17, 15) is 8.78 Å². The number of hydrogen-bond acceptors (Lipinski definition) is 6. The Labute approximate surface area is 172 Å². The minimum atomic E-state index is -2.75. The van der Waals surface area contributed by atoms with E-state index in [1.165, 1.54) is 16.7 Å². The van der Waals surface area contributed by atoms with Gasteiger partial charge in [0.15, 0.2) is 5.82 Å². The molecule has 0 spiro atoms. The Bertz CT molecular complexity index is 836. The molecule has 6 nitrogen and oxygen atoms in total. The minimum absolute atomic E-state index is 0.189. The summed E-state index contributed by atoms with van der Waals surface area (Å²) in [4.78, 5) is 10.5. The Morgan fingerprint density at radius 1 is 1.36 bits per heavy atom. The van der Waals surface area contributed by atoms with Crippen molar-refractivity contribution < 1.29 is 8.78 Å². The maximum absolute atomic E-state index is 13.8. The zero-order valence-electron chi connectivity index (χ0n) is 15.6. The molecular weight excluding hydrogens is 406 g/mol. The van der Waals surface area contributed by atoms with Gasteiger partial charge in [-0.05, 0) is 24.0 Å². The molecule has 1 saturated heterocycles. The lowest BCUT2D eigenvalue weighted by atomic mass is 10.2. The lowest BCUT2D eigenvalue weighted by Crippen LogP contribution is -2.27. The molecule has 1 aliphatic rings. The van der Waals surface area contributed by atoms with Crippen molar-refractivity contribution in [2.45, 2.75) is 43.1 Å². The molecule has 0 bridgehead atoms. The molecule has 0 aliphatic carbocycles. The van der Waals surface area contributed by atoms with E-state index in [2.05, 4.69) is 20.7 Å². The first-order valence-electron chi connectivity index (χ1n) is 8.88. The van der Waals surface area contributed by atoms with Gasteiger partial charge in [0, 0.05) is 23.2 Å². The molecule has 10 heteroatoms. The zero-order valence-corrected chi connectivity index (χ0v) is 17.2. The predicted octanol–water partition coefficient (Wildman–Crippen LogP) is 4.97. The van der Waals surface area contributed by atoms with Crippen molar-refractivity contribution in [3.05, 3.63) is 40.2 Å². The highest BCUT2D eigenvalue weighted by Crippen LogP contribution is 2.41. The van der Waals surface area contributed by atoms with Gasteiger partial charge in [0.05, 0.1) is 17.4 Å². The highest BCUT2D eigenvalue weighted by molar-refractivity contribution is 7.99. The lowest BCUT2D eigenvalue weighted by Gasteiger charge is -2.28. The first-order valence-corrected chi connectivity index (χ1v) is 10.1. The molecule has 3 rings (SSSR count). The summed E-state index contributed by atoms with van der Waals surface area (Å²) in [6, 6.07) is 7.36. The predicted molar refractivity (Wildman–Crippen MR) is 111 cm³/mol. The van der Waals surface area contributed by atoms with Gasteiger partial charge < -0.3 is 20.6 Å². The zero-order chi connectivity index (χ0) is 20.3. The molecule has 1 aromatic carbocycles. The van der Waals surface area contributed by atoms with Crippen LogP contribution in [0, 0.1) is 0 Å². The molecule has 0 radical (unpaired) electrons. The number of thioether (sulfide) groups is 1. The number of aromatic nitrogens is 2. The fourth-order valence-electron chi connectivity index (χ4n) is 2.86. The number of benzene rings is 1. The topological polar surface area (TPSA) is 81.2 Å². The van der Waals surface area contributed by atoms with Crippen molar-refractivity contribution in [1.29, 1.82) is 0 Å². The van der Waals surface area contributed by atoms with Crippen LogP contribution in [0.1, 0.15) is 25.8 Å². The number of alkyl halides is 2. The maximum atomic E-state index is 13.8. The quantitative estimate of drug-likeness (QED) is 0.281. The number of halogens is 3. The third kappa shape index (κ3) is 4.95. The summed E-state index contributed by atoms with van der Waals surface area (Å²) < 4.78 is 27.5. The molecule has 2 heterocycles. The van der Waals surface area contributed by atoms with E-state index >= 15 is 0 Å².